The fraction of sp³-hybridized carbons (Fsp3) is 0.105. The van der Waals surface area contributed by atoms with Gasteiger partial charge in [0.05, 0.1) is 12.8 Å². The van der Waals surface area contributed by atoms with E-state index < -0.39 is 11.6 Å². The Labute approximate surface area is 173 Å². The summed E-state index contributed by atoms with van der Waals surface area (Å²) in [6.07, 6.45) is 0. The topological polar surface area (TPSA) is 94.8 Å². The Hall–Kier alpha value is -3.73. The van der Waals surface area contributed by atoms with Crippen LogP contribution < -0.4 is 10.1 Å². The molecule has 0 bridgehead atoms. The first-order valence-corrected chi connectivity index (χ1v) is 9.41. The molecular formula is C19H14F2N6O2S. The molecule has 30 heavy (non-hydrogen) atoms. The van der Waals surface area contributed by atoms with Crippen LogP contribution in [-0.4, -0.2) is 37.4 Å². The summed E-state index contributed by atoms with van der Waals surface area (Å²) in [4.78, 5) is 16.7. The van der Waals surface area contributed by atoms with Gasteiger partial charge in [0.15, 0.2) is 11.5 Å². The highest BCUT2D eigenvalue weighted by Crippen LogP contribution is 2.25. The number of halogens is 2. The molecule has 8 nitrogen and oxygen atoms in total. The van der Waals surface area contributed by atoms with Crippen LogP contribution in [0.15, 0.2) is 42.5 Å². The summed E-state index contributed by atoms with van der Waals surface area (Å²) in [7, 11) is 1.51. The summed E-state index contributed by atoms with van der Waals surface area (Å²) in [5, 5.41) is 10.8. The van der Waals surface area contributed by atoms with E-state index in [0.29, 0.717) is 17.0 Å². The van der Waals surface area contributed by atoms with Gasteiger partial charge in [-0.1, -0.05) is 11.3 Å². The molecule has 0 fully saturated rings. The fourth-order valence-corrected chi connectivity index (χ4v) is 3.28. The lowest BCUT2D eigenvalue weighted by Crippen LogP contribution is -2.11. The number of carbonyl (C=O) groups excluding carboxylic acids is 1. The van der Waals surface area contributed by atoms with Crippen LogP contribution in [0.25, 0.3) is 17.2 Å². The minimum absolute atomic E-state index is 0.0759. The van der Waals surface area contributed by atoms with Crippen molar-refractivity contribution in [2.24, 2.45) is 0 Å². The third-order valence-corrected chi connectivity index (χ3v) is 4.85. The number of anilines is 1. The van der Waals surface area contributed by atoms with Crippen molar-refractivity contribution >= 4 is 22.6 Å². The lowest BCUT2D eigenvalue weighted by molar-refractivity contribution is 0.102. The van der Waals surface area contributed by atoms with E-state index in [9.17, 15) is 13.6 Å². The van der Waals surface area contributed by atoms with E-state index in [2.05, 4.69) is 25.0 Å². The molecule has 0 saturated carbocycles. The number of aromatic nitrogens is 5. The third-order valence-electron chi connectivity index (χ3n) is 4.22. The van der Waals surface area contributed by atoms with Crippen molar-refractivity contribution in [3.8, 4) is 23.0 Å². The standard InChI is InChI=1S/C19H14F2N6O2S/c1-10-16(24-26-27(10)15-9-12(20)6-7-14(15)21)17-22-19(30-25-17)23-18(28)11-4-3-5-13(8-11)29-2/h3-9H,1-2H3,(H,22,23,25,28). The second-order valence-corrected chi connectivity index (χ2v) is 6.89. The number of nitrogens with zero attached hydrogens (tertiary/aromatic N) is 5. The summed E-state index contributed by atoms with van der Waals surface area (Å²) in [6.45, 7) is 1.63. The van der Waals surface area contributed by atoms with Gasteiger partial charge in [0.1, 0.15) is 23.1 Å². The molecule has 152 valence electrons. The zero-order valence-electron chi connectivity index (χ0n) is 15.8. The maximum absolute atomic E-state index is 14.1. The van der Waals surface area contributed by atoms with E-state index in [4.69, 9.17) is 4.74 Å². The Bertz CT molecular complexity index is 1240. The van der Waals surface area contributed by atoms with E-state index in [0.717, 1.165) is 29.7 Å². The first kappa shape index (κ1) is 19.6. The summed E-state index contributed by atoms with van der Waals surface area (Å²) in [6, 6.07) is 9.72. The SMILES string of the molecule is COc1cccc(C(=O)Nc2nc(-c3nnn(-c4cc(F)ccc4F)c3C)ns2)c1. The number of ether oxygens (including phenoxy) is 1. The van der Waals surface area contributed by atoms with Crippen LogP contribution in [0.3, 0.4) is 0 Å². The average Bonchev–Trinajstić information content (AvgIpc) is 3.36. The molecule has 2 heterocycles. The molecule has 1 amide bonds. The molecule has 0 radical (unpaired) electrons. The highest BCUT2D eigenvalue weighted by Gasteiger charge is 2.19. The van der Waals surface area contributed by atoms with Crippen molar-refractivity contribution < 1.29 is 18.3 Å². The minimum Gasteiger partial charge on any atom is -0.497 e. The maximum atomic E-state index is 14.1. The number of nitrogens with one attached hydrogen (secondary N) is 1. The Morgan fingerprint density at radius 3 is 2.83 bits per heavy atom. The first-order chi connectivity index (χ1) is 14.5. The van der Waals surface area contributed by atoms with Gasteiger partial charge in [0.25, 0.3) is 5.91 Å². The summed E-state index contributed by atoms with van der Waals surface area (Å²) >= 11 is 0.961. The van der Waals surface area contributed by atoms with E-state index in [1.165, 1.54) is 11.8 Å². The van der Waals surface area contributed by atoms with Crippen LogP contribution in [0.4, 0.5) is 13.9 Å². The van der Waals surface area contributed by atoms with Crippen molar-refractivity contribution in [3.63, 3.8) is 0 Å². The van der Waals surface area contributed by atoms with Gasteiger partial charge in [-0.2, -0.15) is 9.36 Å². The van der Waals surface area contributed by atoms with Crippen LogP contribution in [0.1, 0.15) is 16.1 Å². The molecule has 11 heteroatoms. The van der Waals surface area contributed by atoms with Gasteiger partial charge in [0, 0.05) is 23.2 Å². The summed E-state index contributed by atoms with van der Waals surface area (Å²) in [5.41, 5.74) is 1.03. The van der Waals surface area contributed by atoms with Crippen molar-refractivity contribution in [2.45, 2.75) is 6.92 Å². The smallest absolute Gasteiger partial charge is 0.257 e. The summed E-state index contributed by atoms with van der Waals surface area (Å²) in [5.74, 6) is -0.858. The van der Waals surface area contributed by atoms with Crippen molar-refractivity contribution in [1.29, 1.82) is 0 Å². The molecule has 0 aliphatic rings. The van der Waals surface area contributed by atoms with Gasteiger partial charge in [-0.05, 0) is 37.3 Å². The number of hydrogen-bond acceptors (Lipinski definition) is 7. The average molecular weight is 428 g/mol. The van der Waals surface area contributed by atoms with E-state index in [1.54, 1.807) is 31.2 Å². The van der Waals surface area contributed by atoms with Crippen LogP contribution in [-0.2, 0) is 0 Å². The molecule has 4 rings (SSSR count). The quantitative estimate of drug-likeness (QED) is 0.522. The van der Waals surface area contributed by atoms with Gasteiger partial charge in [0.2, 0.25) is 5.13 Å². The number of hydrogen-bond donors (Lipinski definition) is 1. The van der Waals surface area contributed by atoms with Gasteiger partial charge >= 0.3 is 0 Å². The van der Waals surface area contributed by atoms with Crippen LogP contribution >= 0.6 is 11.5 Å². The zero-order chi connectivity index (χ0) is 21.3. The predicted molar refractivity (Wildman–Crippen MR) is 106 cm³/mol. The summed E-state index contributed by atoms with van der Waals surface area (Å²) < 4.78 is 38.0. The number of rotatable bonds is 5. The number of methoxy groups -OCH3 is 1. The number of carbonyl (C=O) groups is 1. The van der Waals surface area contributed by atoms with E-state index in [1.807, 2.05) is 0 Å². The molecule has 2 aromatic heterocycles. The molecule has 2 aromatic carbocycles. The molecule has 0 aliphatic heterocycles. The second-order valence-electron chi connectivity index (χ2n) is 6.14. The lowest BCUT2D eigenvalue weighted by atomic mass is 10.2. The monoisotopic (exact) mass is 428 g/mol. The molecule has 0 atom stereocenters. The van der Waals surface area contributed by atoms with Gasteiger partial charge < -0.3 is 4.74 Å². The normalized spacial score (nSPS) is 10.8. The molecule has 0 saturated heterocycles. The van der Waals surface area contributed by atoms with Crippen LogP contribution in [0, 0.1) is 18.6 Å². The van der Waals surface area contributed by atoms with Crippen molar-refractivity contribution in [1.82, 2.24) is 24.4 Å². The van der Waals surface area contributed by atoms with Crippen LogP contribution in [0.5, 0.6) is 5.75 Å². The van der Waals surface area contributed by atoms with E-state index >= 15 is 0 Å². The molecule has 0 aliphatic carbocycles. The Morgan fingerprint density at radius 1 is 1.20 bits per heavy atom. The molecule has 1 N–H and O–H groups in total. The molecular weight excluding hydrogens is 414 g/mol. The van der Waals surface area contributed by atoms with Gasteiger partial charge in [-0.15, -0.1) is 5.10 Å². The number of benzene rings is 2. The van der Waals surface area contributed by atoms with Gasteiger partial charge in [-0.25, -0.2) is 13.5 Å². The lowest BCUT2D eigenvalue weighted by Gasteiger charge is -2.04. The predicted octanol–water partition coefficient (Wildman–Crippen LogP) is 3.63. The highest BCUT2D eigenvalue weighted by atomic mass is 32.1. The van der Waals surface area contributed by atoms with Gasteiger partial charge in [-0.3, -0.25) is 10.1 Å². The maximum Gasteiger partial charge on any atom is 0.257 e. The number of amides is 1. The Kier molecular flexibility index (Phi) is 5.19. The second kappa shape index (κ2) is 7.95. The fourth-order valence-electron chi connectivity index (χ4n) is 2.72. The largest absolute Gasteiger partial charge is 0.497 e. The first-order valence-electron chi connectivity index (χ1n) is 8.63. The third kappa shape index (κ3) is 3.74. The van der Waals surface area contributed by atoms with E-state index in [-0.39, 0.29) is 28.2 Å². The van der Waals surface area contributed by atoms with Crippen molar-refractivity contribution in [3.05, 3.63) is 65.4 Å². The Balaban J connectivity index is 1.58. The van der Waals surface area contributed by atoms with Crippen LogP contribution in [0.2, 0.25) is 0 Å². The van der Waals surface area contributed by atoms with Crippen molar-refractivity contribution in [2.75, 3.05) is 12.4 Å². The molecule has 0 unspecified atom stereocenters. The highest BCUT2D eigenvalue weighted by molar-refractivity contribution is 7.10. The Morgan fingerprint density at radius 2 is 2.03 bits per heavy atom. The zero-order valence-corrected chi connectivity index (χ0v) is 16.6. The minimum atomic E-state index is -0.645. The molecule has 0 spiro atoms. The molecule has 4 aromatic rings.